The molecule has 0 saturated heterocycles. The maximum Gasteiger partial charge on any atom is 0.231 e. The Balaban J connectivity index is 2.68. The number of sulfonamides is 1. The van der Waals surface area contributed by atoms with Crippen LogP contribution in [0.2, 0.25) is 0 Å². The molecule has 2 aromatic rings. The maximum absolute atomic E-state index is 11.4. The first-order chi connectivity index (χ1) is 9.77. The molecule has 4 nitrogen and oxygen atoms in total. The van der Waals surface area contributed by atoms with Gasteiger partial charge < -0.3 is 0 Å². The molecule has 1 aromatic heterocycles. The van der Waals surface area contributed by atoms with Gasteiger partial charge in [-0.05, 0) is 34.1 Å². The van der Waals surface area contributed by atoms with Crippen LogP contribution in [0.1, 0.15) is 52.7 Å². The van der Waals surface area contributed by atoms with Crippen molar-refractivity contribution < 1.29 is 8.42 Å². The zero-order chi connectivity index (χ0) is 16.9. The van der Waals surface area contributed by atoms with Gasteiger partial charge in [-0.3, -0.25) is 4.72 Å². The Morgan fingerprint density at radius 2 is 1.50 bits per heavy atom. The summed E-state index contributed by atoms with van der Waals surface area (Å²) >= 11 is 1.37. The monoisotopic (exact) mass is 340 g/mol. The van der Waals surface area contributed by atoms with Crippen molar-refractivity contribution in [2.75, 3.05) is 11.0 Å². The third-order valence-corrected chi connectivity index (χ3v) is 5.04. The van der Waals surface area contributed by atoms with E-state index in [1.165, 1.54) is 22.5 Å². The van der Waals surface area contributed by atoms with E-state index < -0.39 is 10.0 Å². The van der Waals surface area contributed by atoms with Gasteiger partial charge in [0.2, 0.25) is 10.0 Å². The molecule has 0 aliphatic carbocycles. The summed E-state index contributed by atoms with van der Waals surface area (Å²) in [5.74, 6) is 0. The molecule has 0 fully saturated rings. The number of hydrogen-bond donors (Lipinski definition) is 1. The summed E-state index contributed by atoms with van der Waals surface area (Å²) in [5, 5.41) is 0.420. The average Bonchev–Trinajstić information content (AvgIpc) is 2.62. The molecule has 0 spiro atoms. The molecule has 0 saturated carbocycles. The minimum Gasteiger partial charge on any atom is -0.259 e. The molecule has 6 heteroatoms. The average molecular weight is 341 g/mol. The van der Waals surface area contributed by atoms with Gasteiger partial charge in [0.05, 0.1) is 16.5 Å². The molecule has 2 rings (SSSR count). The van der Waals surface area contributed by atoms with E-state index in [0.29, 0.717) is 5.13 Å². The quantitative estimate of drug-likeness (QED) is 0.888. The van der Waals surface area contributed by atoms with Gasteiger partial charge in [-0.1, -0.05) is 52.9 Å². The highest BCUT2D eigenvalue weighted by Gasteiger charge is 2.26. The fourth-order valence-electron chi connectivity index (χ4n) is 2.42. The van der Waals surface area contributed by atoms with E-state index in [1.807, 2.05) is 0 Å². The number of thiazole rings is 1. The Morgan fingerprint density at radius 1 is 1.00 bits per heavy atom. The lowest BCUT2D eigenvalue weighted by atomic mass is 9.75. The van der Waals surface area contributed by atoms with Crippen LogP contribution < -0.4 is 4.72 Å². The van der Waals surface area contributed by atoms with Gasteiger partial charge in [-0.2, -0.15) is 0 Å². The van der Waals surface area contributed by atoms with Crippen LogP contribution in [0.15, 0.2) is 12.1 Å². The molecule has 1 aromatic carbocycles. The minimum atomic E-state index is -3.30. The van der Waals surface area contributed by atoms with Crippen molar-refractivity contribution in [3.8, 4) is 0 Å². The van der Waals surface area contributed by atoms with Gasteiger partial charge >= 0.3 is 0 Å². The number of benzene rings is 1. The fraction of sp³-hybridized carbons (Fsp3) is 0.562. The molecule has 0 aliphatic heterocycles. The summed E-state index contributed by atoms with van der Waals surface area (Å²) in [5.41, 5.74) is 3.40. The molecule has 0 atom stereocenters. The Hall–Kier alpha value is -1.14. The third-order valence-electron chi connectivity index (χ3n) is 3.42. The second-order valence-electron chi connectivity index (χ2n) is 7.76. The van der Waals surface area contributed by atoms with Crippen LogP contribution in [-0.4, -0.2) is 19.7 Å². The van der Waals surface area contributed by atoms with E-state index in [2.05, 4.69) is 63.4 Å². The van der Waals surface area contributed by atoms with Gasteiger partial charge in [0.25, 0.3) is 0 Å². The van der Waals surface area contributed by atoms with E-state index >= 15 is 0 Å². The molecule has 1 heterocycles. The molecular formula is C16H24N2O2S2. The lowest BCUT2D eigenvalue weighted by Gasteiger charge is -2.30. The SMILES string of the molecule is CC(C)(C)c1cc2nc(NS(C)(=O)=O)sc2cc1C(C)(C)C. The summed E-state index contributed by atoms with van der Waals surface area (Å²) in [6.07, 6.45) is 1.14. The molecule has 0 unspecified atom stereocenters. The van der Waals surface area contributed by atoms with Crippen molar-refractivity contribution in [3.63, 3.8) is 0 Å². The van der Waals surface area contributed by atoms with Crippen molar-refractivity contribution in [1.29, 1.82) is 0 Å². The van der Waals surface area contributed by atoms with Gasteiger partial charge in [0.1, 0.15) is 0 Å². The van der Waals surface area contributed by atoms with Crippen LogP contribution >= 0.6 is 11.3 Å². The number of nitrogens with one attached hydrogen (secondary N) is 1. The summed E-state index contributed by atoms with van der Waals surface area (Å²) < 4.78 is 26.2. The molecular weight excluding hydrogens is 316 g/mol. The maximum atomic E-state index is 11.4. The molecule has 0 bridgehead atoms. The number of hydrogen-bond acceptors (Lipinski definition) is 4. The summed E-state index contributed by atoms with van der Waals surface area (Å²) in [7, 11) is -3.30. The zero-order valence-corrected chi connectivity index (χ0v) is 15.9. The van der Waals surface area contributed by atoms with Gasteiger partial charge in [-0.15, -0.1) is 0 Å². The zero-order valence-electron chi connectivity index (χ0n) is 14.2. The standard InChI is InChI=1S/C16H24N2O2S2/c1-15(2,3)10-8-12-13(9-11(10)16(4,5)6)21-14(17-12)18-22(7,19)20/h8-9H,1-7H3,(H,17,18). The largest absolute Gasteiger partial charge is 0.259 e. The molecule has 0 radical (unpaired) electrons. The van der Waals surface area contributed by atoms with Crippen LogP contribution in [0.3, 0.4) is 0 Å². The first kappa shape index (κ1) is 17.2. The second-order valence-corrected chi connectivity index (χ2v) is 10.5. The van der Waals surface area contributed by atoms with Crippen LogP contribution in [0.25, 0.3) is 10.2 Å². The molecule has 1 N–H and O–H groups in total. The van der Waals surface area contributed by atoms with E-state index in [9.17, 15) is 8.42 Å². The fourth-order valence-corrected chi connectivity index (χ4v) is 4.14. The third kappa shape index (κ3) is 3.79. The van der Waals surface area contributed by atoms with Crippen LogP contribution in [0.5, 0.6) is 0 Å². The van der Waals surface area contributed by atoms with Crippen molar-refractivity contribution in [2.24, 2.45) is 0 Å². The summed E-state index contributed by atoms with van der Waals surface area (Å²) in [6, 6.07) is 4.25. The van der Waals surface area contributed by atoms with Crippen LogP contribution in [0.4, 0.5) is 5.13 Å². The Morgan fingerprint density at radius 3 is 1.95 bits per heavy atom. The molecule has 0 aliphatic rings. The van der Waals surface area contributed by atoms with Gasteiger partial charge in [-0.25, -0.2) is 13.4 Å². The minimum absolute atomic E-state index is 0.00481. The van der Waals surface area contributed by atoms with Crippen LogP contribution in [-0.2, 0) is 20.9 Å². The summed E-state index contributed by atoms with van der Waals surface area (Å²) in [6.45, 7) is 13.1. The van der Waals surface area contributed by atoms with Gasteiger partial charge in [0, 0.05) is 0 Å². The van der Waals surface area contributed by atoms with Crippen molar-refractivity contribution in [1.82, 2.24) is 4.98 Å². The Bertz CT molecular complexity index is 756. The topological polar surface area (TPSA) is 59.1 Å². The number of rotatable bonds is 2. The van der Waals surface area contributed by atoms with Crippen molar-refractivity contribution in [2.45, 2.75) is 52.4 Å². The predicted octanol–water partition coefficient (Wildman–Crippen LogP) is 4.26. The first-order valence-electron chi connectivity index (χ1n) is 7.21. The second kappa shape index (κ2) is 5.20. The highest BCUT2D eigenvalue weighted by Crippen LogP contribution is 2.38. The lowest BCUT2D eigenvalue weighted by Crippen LogP contribution is -2.21. The van der Waals surface area contributed by atoms with E-state index in [0.717, 1.165) is 16.5 Å². The number of anilines is 1. The number of nitrogens with zero attached hydrogens (tertiary/aromatic N) is 1. The van der Waals surface area contributed by atoms with Crippen molar-refractivity contribution in [3.05, 3.63) is 23.3 Å². The number of fused-ring (bicyclic) bond motifs is 1. The van der Waals surface area contributed by atoms with Crippen LogP contribution in [0, 0.1) is 0 Å². The molecule has 0 amide bonds. The molecule has 22 heavy (non-hydrogen) atoms. The Labute approximate surface area is 137 Å². The molecule has 122 valence electrons. The summed E-state index contributed by atoms with van der Waals surface area (Å²) in [4.78, 5) is 4.42. The normalized spacial score (nSPS) is 13.6. The van der Waals surface area contributed by atoms with Gasteiger partial charge in [0.15, 0.2) is 5.13 Å². The van der Waals surface area contributed by atoms with Crippen molar-refractivity contribution >= 4 is 36.7 Å². The highest BCUT2D eigenvalue weighted by atomic mass is 32.2. The highest BCUT2D eigenvalue weighted by molar-refractivity contribution is 7.92. The predicted molar refractivity (Wildman–Crippen MR) is 95.5 cm³/mol. The van der Waals surface area contributed by atoms with E-state index in [-0.39, 0.29) is 10.8 Å². The van der Waals surface area contributed by atoms with E-state index in [4.69, 9.17) is 0 Å². The van der Waals surface area contributed by atoms with E-state index in [1.54, 1.807) is 0 Å². The smallest absolute Gasteiger partial charge is 0.231 e. The Kier molecular flexibility index (Phi) is 4.07. The first-order valence-corrected chi connectivity index (χ1v) is 9.91. The number of aromatic nitrogens is 1. The lowest BCUT2D eigenvalue weighted by molar-refractivity contribution is 0.531.